The highest BCUT2D eigenvalue weighted by molar-refractivity contribution is 7.89. The third-order valence-electron chi connectivity index (χ3n) is 3.97. The van der Waals surface area contributed by atoms with Gasteiger partial charge in [0.05, 0.1) is 4.90 Å². The Labute approximate surface area is 121 Å². The molecule has 0 amide bonds. The van der Waals surface area contributed by atoms with Gasteiger partial charge in [0.25, 0.3) is 0 Å². The first kappa shape index (κ1) is 15.5. The summed E-state index contributed by atoms with van der Waals surface area (Å²) in [5.74, 6) is 0. The van der Waals surface area contributed by atoms with Crippen LogP contribution in [0.25, 0.3) is 0 Å². The number of benzene rings is 1. The fraction of sp³-hybridized carbons (Fsp3) is 0.600. The molecule has 1 aliphatic carbocycles. The van der Waals surface area contributed by atoms with Gasteiger partial charge in [-0.05, 0) is 57.6 Å². The van der Waals surface area contributed by atoms with Gasteiger partial charge in [-0.15, -0.1) is 0 Å². The van der Waals surface area contributed by atoms with Gasteiger partial charge >= 0.3 is 0 Å². The number of sulfonamides is 1. The minimum atomic E-state index is -3.45. The average molecular weight is 296 g/mol. The summed E-state index contributed by atoms with van der Waals surface area (Å²) in [4.78, 5) is 0.429. The van der Waals surface area contributed by atoms with Gasteiger partial charge in [0.2, 0.25) is 10.0 Å². The van der Waals surface area contributed by atoms with Crippen LogP contribution < -0.4 is 10.5 Å². The van der Waals surface area contributed by atoms with Gasteiger partial charge in [0.15, 0.2) is 0 Å². The van der Waals surface area contributed by atoms with Crippen LogP contribution in [0.1, 0.15) is 42.4 Å². The lowest BCUT2D eigenvalue weighted by Gasteiger charge is -2.27. The van der Waals surface area contributed by atoms with Crippen molar-refractivity contribution in [3.63, 3.8) is 0 Å². The van der Waals surface area contributed by atoms with Gasteiger partial charge in [-0.3, -0.25) is 0 Å². The van der Waals surface area contributed by atoms with E-state index in [0.29, 0.717) is 4.90 Å². The van der Waals surface area contributed by atoms with Crippen molar-refractivity contribution < 1.29 is 8.42 Å². The van der Waals surface area contributed by atoms with Gasteiger partial charge < -0.3 is 5.73 Å². The Balaban J connectivity index is 2.23. The fourth-order valence-electron chi connectivity index (χ4n) is 3.11. The molecule has 0 bridgehead atoms. The molecule has 0 spiro atoms. The summed E-state index contributed by atoms with van der Waals surface area (Å²) in [5, 5.41) is 0. The Bertz CT molecular complexity index is 565. The maximum atomic E-state index is 12.6. The van der Waals surface area contributed by atoms with E-state index in [1.165, 1.54) is 0 Å². The minimum Gasteiger partial charge on any atom is -0.328 e. The Morgan fingerprint density at radius 3 is 2.05 bits per heavy atom. The molecule has 4 nitrogen and oxygen atoms in total. The molecule has 20 heavy (non-hydrogen) atoms. The van der Waals surface area contributed by atoms with E-state index >= 15 is 0 Å². The first-order valence-corrected chi connectivity index (χ1v) is 8.63. The molecule has 1 aromatic rings. The Hall–Kier alpha value is -0.910. The van der Waals surface area contributed by atoms with Gasteiger partial charge in [-0.2, -0.15) is 0 Å². The van der Waals surface area contributed by atoms with Crippen molar-refractivity contribution in [2.24, 2.45) is 5.73 Å². The summed E-state index contributed by atoms with van der Waals surface area (Å²) in [5.41, 5.74) is 8.56. The Morgan fingerprint density at radius 1 is 1.05 bits per heavy atom. The minimum absolute atomic E-state index is 0.0138. The van der Waals surface area contributed by atoms with E-state index in [0.717, 1.165) is 42.4 Å². The lowest BCUT2D eigenvalue weighted by Crippen LogP contribution is -2.40. The quantitative estimate of drug-likeness (QED) is 0.898. The first-order chi connectivity index (χ1) is 9.29. The molecule has 0 unspecified atom stereocenters. The van der Waals surface area contributed by atoms with E-state index in [1.807, 2.05) is 32.9 Å². The number of nitrogens with two attached hydrogens (primary N) is 1. The van der Waals surface area contributed by atoms with Crippen LogP contribution in [0.2, 0.25) is 0 Å². The lowest BCUT2D eigenvalue weighted by molar-refractivity contribution is 0.373. The molecule has 3 N–H and O–H groups in total. The second-order valence-corrected chi connectivity index (χ2v) is 7.61. The van der Waals surface area contributed by atoms with E-state index in [1.54, 1.807) is 0 Å². The monoisotopic (exact) mass is 296 g/mol. The predicted molar refractivity (Wildman–Crippen MR) is 81.2 cm³/mol. The van der Waals surface area contributed by atoms with E-state index in [9.17, 15) is 8.42 Å². The summed E-state index contributed by atoms with van der Waals surface area (Å²) >= 11 is 0. The zero-order valence-electron chi connectivity index (χ0n) is 12.4. The van der Waals surface area contributed by atoms with Crippen LogP contribution in [0, 0.1) is 20.8 Å². The van der Waals surface area contributed by atoms with Crippen molar-refractivity contribution in [2.75, 3.05) is 0 Å². The van der Waals surface area contributed by atoms with Crippen LogP contribution in [0.3, 0.4) is 0 Å². The number of nitrogens with one attached hydrogen (secondary N) is 1. The molecular formula is C15H24N2O2S. The zero-order valence-corrected chi connectivity index (χ0v) is 13.3. The molecule has 5 heteroatoms. The van der Waals surface area contributed by atoms with E-state index in [2.05, 4.69) is 4.72 Å². The maximum absolute atomic E-state index is 12.6. The summed E-state index contributed by atoms with van der Waals surface area (Å²) in [6.07, 6.45) is 3.42. The highest BCUT2D eigenvalue weighted by Crippen LogP contribution is 2.24. The average Bonchev–Trinajstić information content (AvgIpc) is 2.30. The Kier molecular flexibility index (Phi) is 4.52. The molecule has 1 fully saturated rings. The van der Waals surface area contributed by atoms with Gasteiger partial charge in [-0.25, -0.2) is 13.1 Å². The smallest absolute Gasteiger partial charge is 0.241 e. The summed E-state index contributed by atoms with van der Waals surface area (Å²) in [7, 11) is -3.45. The molecule has 1 aliphatic rings. The third-order valence-corrected chi connectivity index (χ3v) is 5.79. The topological polar surface area (TPSA) is 72.2 Å². The molecular weight excluding hydrogens is 272 g/mol. The summed E-state index contributed by atoms with van der Waals surface area (Å²) in [6, 6.07) is 4.06. The molecule has 0 heterocycles. The third kappa shape index (κ3) is 3.40. The van der Waals surface area contributed by atoms with Crippen LogP contribution in [-0.4, -0.2) is 20.5 Å². The molecule has 112 valence electrons. The molecule has 1 aromatic carbocycles. The van der Waals surface area contributed by atoms with Crippen molar-refractivity contribution in [1.29, 1.82) is 0 Å². The van der Waals surface area contributed by atoms with Crippen LogP contribution in [-0.2, 0) is 10.0 Å². The maximum Gasteiger partial charge on any atom is 0.241 e. The highest BCUT2D eigenvalue weighted by atomic mass is 32.2. The first-order valence-electron chi connectivity index (χ1n) is 7.15. The van der Waals surface area contributed by atoms with Gasteiger partial charge in [0.1, 0.15) is 0 Å². The molecule has 0 aromatic heterocycles. The molecule has 0 radical (unpaired) electrons. The summed E-state index contributed by atoms with van der Waals surface area (Å²) in [6.45, 7) is 5.68. The normalized spacial score (nSPS) is 23.8. The van der Waals surface area contributed by atoms with Crippen molar-refractivity contribution >= 4 is 10.0 Å². The van der Waals surface area contributed by atoms with E-state index in [-0.39, 0.29) is 12.1 Å². The van der Waals surface area contributed by atoms with Gasteiger partial charge in [-0.1, -0.05) is 17.7 Å². The van der Waals surface area contributed by atoms with Crippen molar-refractivity contribution in [2.45, 2.75) is 63.4 Å². The number of rotatable bonds is 3. The second kappa shape index (κ2) is 5.84. The van der Waals surface area contributed by atoms with Crippen LogP contribution in [0.15, 0.2) is 17.0 Å². The number of aryl methyl sites for hydroxylation is 3. The standard InChI is InChI=1S/C15H24N2O2S/c1-10-8-11(2)15(12(3)9-10)20(18,19)17-14-6-4-13(16)5-7-14/h8-9,13-14,17H,4-7,16H2,1-3H3. The highest BCUT2D eigenvalue weighted by Gasteiger charge is 2.26. The summed E-state index contributed by atoms with van der Waals surface area (Å²) < 4.78 is 28.0. The SMILES string of the molecule is Cc1cc(C)c(S(=O)(=O)NC2CCC(N)CC2)c(C)c1. The predicted octanol–water partition coefficient (Wildman–Crippen LogP) is 2.16. The van der Waals surface area contributed by atoms with Gasteiger partial charge in [0, 0.05) is 12.1 Å². The van der Waals surface area contributed by atoms with Crippen LogP contribution in [0.5, 0.6) is 0 Å². The Morgan fingerprint density at radius 2 is 1.55 bits per heavy atom. The molecule has 0 aliphatic heterocycles. The number of hydrogen-bond donors (Lipinski definition) is 2. The molecule has 0 atom stereocenters. The molecule has 0 saturated heterocycles. The van der Waals surface area contributed by atoms with Crippen LogP contribution >= 0.6 is 0 Å². The number of hydrogen-bond acceptors (Lipinski definition) is 3. The van der Waals surface area contributed by atoms with Crippen molar-refractivity contribution in [1.82, 2.24) is 4.72 Å². The van der Waals surface area contributed by atoms with E-state index < -0.39 is 10.0 Å². The van der Waals surface area contributed by atoms with Crippen molar-refractivity contribution in [3.8, 4) is 0 Å². The lowest BCUT2D eigenvalue weighted by atomic mass is 9.93. The second-order valence-electron chi connectivity index (χ2n) is 5.96. The molecule has 2 rings (SSSR count). The van der Waals surface area contributed by atoms with E-state index in [4.69, 9.17) is 5.73 Å². The fourth-order valence-corrected chi connectivity index (χ4v) is 4.86. The van der Waals surface area contributed by atoms with Crippen molar-refractivity contribution in [3.05, 3.63) is 28.8 Å². The van der Waals surface area contributed by atoms with Crippen LogP contribution in [0.4, 0.5) is 0 Å². The molecule has 1 saturated carbocycles. The zero-order chi connectivity index (χ0) is 14.9. The largest absolute Gasteiger partial charge is 0.328 e.